The molecule has 2 rings (SSSR count). The van der Waals surface area contributed by atoms with Gasteiger partial charge in [0.2, 0.25) is 0 Å². The Kier molecular flexibility index (Phi) is 5.77. The molecule has 0 bridgehead atoms. The number of H-pyrrole nitrogens is 1. The van der Waals surface area contributed by atoms with Gasteiger partial charge in [-0.2, -0.15) is 0 Å². The first kappa shape index (κ1) is 19.2. The molecule has 12 heteroatoms. The molecule has 1 amide bonds. The van der Waals surface area contributed by atoms with Crippen molar-refractivity contribution in [3.8, 4) is 0 Å². The van der Waals surface area contributed by atoms with Crippen LogP contribution in [0.1, 0.15) is 29.9 Å². The van der Waals surface area contributed by atoms with Gasteiger partial charge in [-0.1, -0.05) is 0 Å². The van der Waals surface area contributed by atoms with Gasteiger partial charge >= 0.3 is 17.8 Å². The summed E-state index contributed by atoms with van der Waals surface area (Å²) in [7, 11) is 1.13. The summed E-state index contributed by atoms with van der Waals surface area (Å²) in [5, 5.41) is 0. The number of methoxy groups -OCH3 is 1. The maximum absolute atomic E-state index is 12.1. The normalized spacial score (nSPS) is 21.8. The second kappa shape index (κ2) is 7.82. The molecule has 0 radical (unpaired) electrons. The van der Waals surface area contributed by atoms with Gasteiger partial charge in [-0.05, 0) is 0 Å². The number of ether oxygens (including phenoxy) is 4. The minimum absolute atomic E-state index is 0.0959. The Balaban J connectivity index is 2.32. The number of aromatic amines is 1. The summed E-state index contributed by atoms with van der Waals surface area (Å²) in [5.74, 6) is -1.68. The number of esters is 1. The number of rotatable bonds is 5. The number of hydrogen-bond donors (Lipinski definition) is 2. The van der Waals surface area contributed by atoms with Crippen molar-refractivity contribution in [3.05, 3.63) is 32.6 Å². The Morgan fingerprint density at radius 3 is 2.65 bits per heavy atom. The molecule has 0 saturated carbocycles. The van der Waals surface area contributed by atoms with Gasteiger partial charge in [0, 0.05) is 19.5 Å². The van der Waals surface area contributed by atoms with Crippen molar-refractivity contribution in [1.82, 2.24) is 9.55 Å². The summed E-state index contributed by atoms with van der Waals surface area (Å²) in [6.45, 7) is 0.946. The monoisotopic (exact) mass is 371 g/mol. The van der Waals surface area contributed by atoms with E-state index in [1.807, 2.05) is 4.98 Å². The summed E-state index contributed by atoms with van der Waals surface area (Å²) < 4.78 is 20.7. The molecule has 0 unspecified atom stereocenters. The van der Waals surface area contributed by atoms with E-state index in [-0.39, 0.29) is 13.0 Å². The van der Waals surface area contributed by atoms with Crippen LogP contribution in [0, 0.1) is 0 Å². The number of hydrogen-bond acceptors (Lipinski definition) is 9. The second-order valence-electron chi connectivity index (χ2n) is 5.37. The lowest BCUT2D eigenvalue weighted by Crippen LogP contribution is -2.39. The first-order valence-corrected chi connectivity index (χ1v) is 7.41. The van der Waals surface area contributed by atoms with Crippen molar-refractivity contribution in [2.75, 3.05) is 13.7 Å². The number of carbonyl (C=O) groups excluding carboxylic acids is 3. The number of carbonyl (C=O) groups is 3. The van der Waals surface area contributed by atoms with E-state index in [9.17, 15) is 24.0 Å². The third kappa shape index (κ3) is 4.27. The fraction of sp³-hybridized carbons (Fsp3) is 0.500. The molecule has 26 heavy (non-hydrogen) atoms. The summed E-state index contributed by atoms with van der Waals surface area (Å²) in [6, 6.07) is 0. The summed E-state index contributed by atoms with van der Waals surface area (Å²) in [6.07, 6.45) is -2.72. The van der Waals surface area contributed by atoms with Crippen LogP contribution >= 0.6 is 0 Å². The topological polar surface area (TPSA) is 169 Å². The third-order valence-electron chi connectivity index (χ3n) is 3.52. The van der Waals surface area contributed by atoms with E-state index in [0.717, 1.165) is 17.9 Å². The summed E-state index contributed by atoms with van der Waals surface area (Å²) >= 11 is 0. The van der Waals surface area contributed by atoms with Crippen molar-refractivity contribution in [2.24, 2.45) is 5.73 Å². The molecule has 1 aliphatic heterocycles. The Labute approximate surface area is 145 Å². The van der Waals surface area contributed by atoms with E-state index < -0.39 is 53.3 Å². The van der Waals surface area contributed by atoms with Crippen molar-refractivity contribution in [2.45, 2.75) is 31.8 Å². The van der Waals surface area contributed by atoms with Crippen LogP contribution in [0.3, 0.4) is 0 Å². The minimum Gasteiger partial charge on any atom is -0.458 e. The van der Waals surface area contributed by atoms with Crippen molar-refractivity contribution in [1.29, 1.82) is 0 Å². The average Bonchev–Trinajstić information content (AvgIpc) is 2.94. The zero-order valence-corrected chi connectivity index (χ0v) is 13.9. The Hall–Kier alpha value is -3.15. The van der Waals surface area contributed by atoms with Crippen LogP contribution in [0.15, 0.2) is 15.8 Å². The lowest BCUT2D eigenvalue weighted by Gasteiger charge is -2.20. The van der Waals surface area contributed by atoms with Gasteiger partial charge in [-0.25, -0.2) is 9.59 Å². The second-order valence-corrected chi connectivity index (χ2v) is 5.37. The fourth-order valence-corrected chi connectivity index (χ4v) is 2.46. The third-order valence-corrected chi connectivity index (χ3v) is 3.52. The molecule has 0 aliphatic carbocycles. The van der Waals surface area contributed by atoms with Crippen LogP contribution < -0.4 is 17.0 Å². The highest BCUT2D eigenvalue weighted by atomic mass is 16.7. The van der Waals surface area contributed by atoms with Gasteiger partial charge in [-0.3, -0.25) is 23.9 Å². The quantitative estimate of drug-likeness (QED) is 0.593. The van der Waals surface area contributed by atoms with Gasteiger partial charge in [0.15, 0.2) is 6.23 Å². The summed E-state index contributed by atoms with van der Waals surface area (Å²) in [5.41, 5.74) is 2.79. The lowest BCUT2D eigenvalue weighted by molar-refractivity contribution is -0.152. The molecule has 2 heterocycles. The Morgan fingerprint density at radius 1 is 1.38 bits per heavy atom. The minimum atomic E-state index is -1.16. The average molecular weight is 371 g/mol. The molecule has 0 spiro atoms. The highest BCUT2D eigenvalue weighted by Gasteiger charge is 2.40. The number of nitrogens with one attached hydrogen (secondary N) is 1. The molecular formula is C14H17N3O9. The smallest absolute Gasteiger partial charge is 0.458 e. The molecular weight excluding hydrogens is 354 g/mol. The standard InChI is InChI=1S/C14H17N3O9/c1-6(18)25-9-3-7(5-24-14(22)23-2)26-12(9)17-4-8(10(15)19)11(20)16-13(17)21/h4,7,9,12H,3,5H2,1-2H3,(H2,15,19)(H,16,20,21)/t7-,9+,12+/m0/s1. The molecule has 1 aromatic rings. The number of aromatic nitrogens is 2. The maximum Gasteiger partial charge on any atom is 0.508 e. The van der Waals surface area contributed by atoms with Crippen molar-refractivity contribution in [3.63, 3.8) is 0 Å². The maximum atomic E-state index is 12.1. The SMILES string of the molecule is COC(=O)OC[C@@H]1C[C@@H](OC(C)=O)[C@H](n2cc(C(N)=O)c(=O)[nH]c2=O)O1. The van der Waals surface area contributed by atoms with Crippen LogP contribution in [0.25, 0.3) is 0 Å². The molecule has 3 atom stereocenters. The van der Waals surface area contributed by atoms with Crippen LogP contribution in [0.4, 0.5) is 4.79 Å². The highest BCUT2D eigenvalue weighted by Crippen LogP contribution is 2.30. The van der Waals surface area contributed by atoms with Gasteiger partial charge in [-0.15, -0.1) is 0 Å². The largest absolute Gasteiger partial charge is 0.508 e. The molecule has 3 N–H and O–H groups in total. The van der Waals surface area contributed by atoms with E-state index in [1.54, 1.807) is 0 Å². The number of nitrogens with zero attached hydrogens (tertiary/aromatic N) is 1. The molecule has 1 aliphatic rings. The van der Waals surface area contributed by atoms with E-state index in [2.05, 4.69) is 4.74 Å². The zero-order valence-electron chi connectivity index (χ0n) is 13.9. The van der Waals surface area contributed by atoms with Gasteiger partial charge < -0.3 is 24.7 Å². The van der Waals surface area contributed by atoms with Gasteiger partial charge in [0.25, 0.3) is 11.5 Å². The van der Waals surface area contributed by atoms with E-state index >= 15 is 0 Å². The molecule has 142 valence electrons. The lowest BCUT2D eigenvalue weighted by atomic mass is 10.2. The number of amides is 1. The van der Waals surface area contributed by atoms with Gasteiger partial charge in [0.1, 0.15) is 18.3 Å². The highest BCUT2D eigenvalue weighted by molar-refractivity contribution is 5.91. The zero-order chi connectivity index (χ0) is 19.4. The van der Waals surface area contributed by atoms with E-state index in [4.69, 9.17) is 19.9 Å². The van der Waals surface area contributed by atoms with Gasteiger partial charge in [0.05, 0.1) is 13.2 Å². The Bertz CT molecular complexity index is 828. The van der Waals surface area contributed by atoms with E-state index in [0.29, 0.717) is 0 Å². The molecule has 0 aromatic carbocycles. The Morgan fingerprint density at radius 2 is 2.08 bits per heavy atom. The number of primary amides is 1. The van der Waals surface area contributed by atoms with Crippen molar-refractivity contribution < 1.29 is 33.3 Å². The molecule has 12 nitrogen and oxygen atoms in total. The van der Waals surface area contributed by atoms with Crippen LogP contribution in [0.5, 0.6) is 0 Å². The van der Waals surface area contributed by atoms with Crippen molar-refractivity contribution >= 4 is 18.0 Å². The van der Waals surface area contributed by atoms with Crippen LogP contribution in [-0.2, 0) is 23.7 Å². The predicted octanol–water partition coefficient (Wildman–Crippen LogP) is -1.36. The van der Waals surface area contributed by atoms with E-state index in [1.165, 1.54) is 6.92 Å². The number of nitrogens with two attached hydrogens (primary N) is 1. The molecule has 1 saturated heterocycles. The summed E-state index contributed by atoms with van der Waals surface area (Å²) in [4.78, 5) is 59.3. The van der Waals surface area contributed by atoms with Crippen LogP contribution in [-0.4, -0.2) is 53.5 Å². The first-order valence-electron chi connectivity index (χ1n) is 7.41. The predicted molar refractivity (Wildman–Crippen MR) is 82.3 cm³/mol. The first-order chi connectivity index (χ1) is 12.2. The molecule has 1 aromatic heterocycles. The fourth-order valence-electron chi connectivity index (χ4n) is 2.46. The van der Waals surface area contributed by atoms with Crippen LogP contribution in [0.2, 0.25) is 0 Å². The molecule has 1 fully saturated rings.